The predicted octanol–water partition coefficient (Wildman–Crippen LogP) is 1.44. The smallest absolute Gasteiger partial charge is 0.213 e. The lowest BCUT2D eigenvalue weighted by molar-refractivity contribution is 0.172. The van der Waals surface area contributed by atoms with Crippen LogP contribution in [0.25, 0.3) is 0 Å². The third-order valence-corrected chi connectivity index (χ3v) is 4.29. The van der Waals surface area contributed by atoms with Gasteiger partial charge in [0.15, 0.2) is 0 Å². The van der Waals surface area contributed by atoms with Gasteiger partial charge in [0.2, 0.25) is 5.88 Å². The number of pyridine rings is 1. The van der Waals surface area contributed by atoms with E-state index in [1.165, 1.54) is 5.56 Å². The molecule has 3 N–H and O–H groups in total. The Labute approximate surface area is 114 Å². The van der Waals surface area contributed by atoms with Crippen LogP contribution < -0.4 is 15.8 Å². The van der Waals surface area contributed by atoms with E-state index in [4.69, 9.17) is 10.5 Å². The summed E-state index contributed by atoms with van der Waals surface area (Å²) in [7, 11) is 1.65. The fraction of sp³-hybridized carbons (Fsp3) is 0.615. The van der Waals surface area contributed by atoms with Crippen LogP contribution in [0.2, 0.25) is 0 Å². The molecular weight excluding hydrogens is 250 g/mol. The van der Waals surface area contributed by atoms with Crippen molar-refractivity contribution in [1.82, 2.24) is 10.3 Å². The number of rotatable bonds is 1. The van der Waals surface area contributed by atoms with Gasteiger partial charge in [-0.3, -0.25) is 0 Å². The molecule has 0 saturated carbocycles. The third-order valence-electron chi connectivity index (χ3n) is 4.29. The number of nitrogens with two attached hydrogens (primary N) is 1. The van der Waals surface area contributed by atoms with E-state index in [1.807, 2.05) is 6.07 Å². The van der Waals surface area contributed by atoms with Crippen molar-refractivity contribution in [3.63, 3.8) is 0 Å². The van der Waals surface area contributed by atoms with Gasteiger partial charge in [-0.25, -0.2) is 4.98 Å². The Morgan fingerprint density at radius 2 is 2.11 bits per heavy atom. The van der Waals surface area contributed by atoms with E-state index in [-0.39, 0.29) is 23.9 Å². The highest BCUT2D eigenvalue weighted by molar-refractivity contribution is 5.85. The molecular formula is C13H20ClN3O. The van der Waals surface area contributed by atoms with E-state index in [0.29, 0.717) is 5.88 Å². The Morgan fingerprint density at radius 1 is 1.39 bits per heavy atom. The van der Waals surface area contributed by atoms with Gasteiger partial charge in [-0.1, -0.05) is 6.07 Å². The number of halogens is 1. The third kappa shape index (κ3) is 1.98. The zero-order valence-electron chi connectivity index (χ0n) is 10.6. The standard InChI is InChI=1S/C13H19N3O.ClH/c1-17-10-3-2-9-8-13(4-6-15-7-5-13)12(14)11(9)16-10;/h2-3,12,15H,4-8,14H2,1H3;1H. The normalized spacial score (nSPS) is 24.4. The first-order valence-electron chi connectivity index (χ1n) is 6.25. The topological polar surface area (TPSA) is 60.2 Å². The molecule has 1 saturated heterocycles. The summed E-state index contributed by atoms with van der Waals surface area (Å²) in [5.74, 6) is 0.671. The first-order valence-corrected chi connectivity index (χ1v) is 6.25. The van der Waals surface area contributed by atoms with E-state index >= 15 is 0 Å². The number of hydrogen-bond acceptors (Lipinski definition) is 4. The van der Waals surface area contributed by atoms with Gasteiger partial charge in [0.25, 0.3) is 0 Å². The van der Waals surface area contributed by atoms with Crippen LogP contribution in [0.3, 0.4) is 0 Å². The molecule has 0 amide bonds. The van der Waals surface area contributed by atoms with Crippen molar-refractivity contribution in [3.05, 3.63) is 23.4 Å². The van der Waals surface area contributed by atoms with Crippen LogP contribution in [0.5, 0.6) is 5.88 Å². The molecule has 2 heterocycles. The lowest BCUT2D eigenvalue weighted by Crippen LogP contribution is -2.42. The molecule has 0 aromatic carbocycles. The predicted molar refractivity (Wildman–Crippen MR) is 73.2 cm³/mol. The highest BCUT2D eigenvalue weighted by Crippen LogP contribution is 2.49. The molecule has 2 aliphatic rings. The molecule has 1 aliphatic carbocycles. The fourth-order valence-electron chi connectivity index (χ4n) is 3.21. The average molecular weight is 270 g/mol. The van der Waals surface area contributed by atoms with E-state index in [1.54, 1.807) is 7.11 Å². The van der Waals surface area contributed by atoms with Gasteiger partial charge in [-0.15, -0.1) is 12.4 Å². The summed E-state index contributed by atoms with van der Waals surface area (Å²) in [6.07, 6.45) is 3.36. The van der Waals surface area contributed by atoms with Crippen molar-refractivity contribution in [2.45, 2.75) is 25.3 Å². The molecule has 100 valence electrons. The summed E-state index contributed by atoms with van der Waals surface area (Å²) >= 11 is 0. The van der Waals surface area contributed by atoms with Crippen molar-refractivity contribution >= 4 is 12.4 Å². The van der Waals surface area contributed by atoms with Gasteiger partial charge >= 0.3 is 0 Å². The zero-order valence-corrected chi connectivity index (χ0v) is 11.4. The van der Waals surface area contributed by atoms with Crippen molar-refractivity contribution < 1.29 is 4.74 Å². The van der Waals surface area contributed by atoms with E-state index < -0.39 is 0 Å². The molecule has 1 spiro atoms. The Hall–Kier alpha value is -0.840. The van der Waals surface area contributed by atoms with Crippen LogP contribution in [0.15, 0.2) is 12.1 Å². The van der Waals surface area contributed by atoms with E-state index in [0.717, 1.165) is 38.0 Å². The lowest BCUT2D eigenvalue weighted by atomic mass is 9.74. The molecule has 1 atom stereocenters. The molecule has 3 rings (SSSR count). The van der Waals surface area contributed by atoms with Crippen molar-refractivity contribution in [3.8, 4) is 5.88 Å². The van der Waals surface area contributed by atoms with Crippen molar-refractivity contribution in [2.75, 3.05) is 20.2 Å². The fourth-order valence-corrected chi connectivity index (χ4v) is 3.21. The molecule has 18 heavy (non-hydrogen) atoms. The molecule has 1 aliphatic heterocycles. The van der Waals surface area contributed by atoms with Crippen LogP contribution in [-0.4, -0.2) is 25.2 Å². The van der Waals surface area contributed by atoms with Gasteiger partial charge in [-0.2, -0.15) is 0 Å². The number of piperidine rings is 1. The minimum Gasteiger partial charge on any atom is -0.481 e. The van der Waals surface area contributed by atoms with E-state index in [2.05, 4.69) is 16.4 Å². The molecule has 4 nitrogen and oxygen atoms in total. The van der Waals surface area contributed by atoms with Gasteiger partial charge in [0.05, 0.1) is 18.8 Å². The summed E-state index contributed by atoms with van der Waals surface area (Å²) < 4.78 is 5.18. The quantitative estimate of drug-likeness (QED) is 0.810. The summed E-state index contributed by atoms with van der Waals surface area (Å²) in [6, 6.07) is 4.12. The molecule has 1 unspecified atom stereocenters. The van der Waals surface area contributed by atoms with Crippen molar-refractivity contribution in [2.24, 2.45) is 11.1 Å². The first-order chi connectivity index (χ1) is 8.25. The second-order valence-corrected chi connectivity index (χ2v) is 5.16. The molecule has 1 fully saturated rings. The number of methoxy groups -OCH3 is 1. The van der Waals surface area contributed by atoms with Crippen molar-refractivity contribution in [1.29, 1.82) is 0 Å². The SMILES string of the molecule is COc1ccc2c(n1)C(N)C1(CCNCC1)C2.Cl. The average Bonchev–Trinajstić information content (AvgIpc) is 2.63. The molecule has 0 radical (unpaired) electrons. The number of aromatic nitrogens is 1. The van der Waals surface area contributed by atoms with Gasteiger partial charge < -0.3 is 15.8 Å². The van der Waals surface area contributed by atoms with Gasteiger partial charge in [0, 0.05) is 6.07 Å². The minimum atomic E-state index is 0. The maximum Gasteiger partial charge on any atom is 0.213 e. The maximum atomic E-state index is 6.43. The Kier molecular flexibility index (Phi) is 3.80. The molecule has 5 heteroatoms. The number of hydrogen-bond donors (Lipinski definition) is 2. The van der Waals surface area contributed by atoms with Crippen LogP contribution in [-0.2, 0) is 6.42 Å². The second kappa shape index (κ2) is 5.03. The number of nitrogens with one attached hydrogen (secondary N) is 1. The maximum absolute atomic E-state index is 6.43. The largest absolute Gasteiger partial charge is 0.481 e. The Balaban J connectivity index is 0.00000120. The number of nitrogens with zero attached hydrogens (tertiary/aromatic N) is 1. The number of fused-ring (bicyclic) bond motifs is 1. The van der Waals surface area contributed by atoms with Crippen LogP contribution in [0.1, 0.15) is 30.1 Å². The highest BCUT2D eigenvalue weighted by atomic mass is 35.5. The van der Waals surface area contributed by atoms with Gasteiger partial charge in [-0.05, 0) is 43.3 Å². The highest BCUT2D eigenvalue weighted by Gasteiger charge is 2.45. The van der Waals surface area contributed by atoms with Crippen LogP contribution in [0, 0.1) is 5.41 Å². The summed E-state index contributed by atoms with van der Waals surface area (Å²) in [5.41, 5.74) is 9.02. The first kappa shape index (κ1) is 13.6. The van der Waals surface area contributed by atoms with Crippen LogP contribution in [0.4, 0.5) is 0 Å². The Morgan fingerprint density at radius 3 is 2.78 bits per heavy atom. The molecule has 1 aromatic heterocycles. The van der Waals surface area contributed by atoms with E-state index in [9.17, 15) is 0 Å². The molecule has 1 aromatic rings. The second-order valence-electron chi connectivity index (χ2n) is 5.16. The Bertz CT molecular complexity index is 432. The zero-order chi connectivity index (χ0) is 11.9. The molecule has 0 bridgehead atoms. The minimum absolute atomic E-state index is 0. The summed E-state index contributed by atoms with van der Waals surface area (Å²) in [6.45, 7) is 2.14. The number of ether oxygens (including phenoxy) is 1. The summed E-state index contributed by atoms with van der Waals surface area (Å²) in [5, 5.41) is 3.41. The van der Waals surface area contributed by atoms with Gasteiger partial charge in [0.1, 0.15) is 0 Å². The summed E-state index contributed by atoms with van der Waals surface area (Å²) in [4.78, 5) is 4.53. The monoisotopic (exact) mass is 269 g/mol. The lowest BCUT2D eigenvalue weighted by Gasteiger charge is -2.37. The van der Waals surface area contributed by atoms with Crippen LogP contribution >= 0.6 is 12.4 Å².